The van der Waals surface area contributed by atoms with Crippen LogP contribution in [0.2, 0.25) is 0 Å². The third-order valence-electron chi connectivity index (χ3n) is 2.55. The minimum absolute atomic E-state index is 0.0700. The SMILES string of the molecule is COc1c(F)ccc2c1cc(C(=O)O)n2C. The van der Waals surface area contributed by atoms with Gasteiger partial charge < -0.3 is 14.4 Å². The first-order chi connectivity index (χ1) is 7.56. The molecular formula is C11H10FNO3. The van der Waals surface area contributed by atoms with Gasteiger partial charge in [-0.2, -0.15) is 0 Å². The van der Waals surface area contributed by atoms with Gasteiger partial charge in [0, 0.05) is 12.4 Å². The first kappa shape index (κ1) is 10.5. The molecule has 0 amide bonds. The van der Waals surface area contributed by atoms with Gasteiger partial charge in [0.2, 0.25) is 0 Å². The molecule has 84 valence electrons. The van der Waals surface area contributed by atoms with Crippen molar-refractivity contribution in [2.75, 3.05) is 7.11 Å². The van der Waals surface area contributed by atoms with Crippen molar-refractivity contribution in [3.63, 3.8) is 0 Å². The van der Waals surface area contributed by atoms with Crippen molar-refractivity contribution >= 4 is 16.9 Å². The third kappa shape index (κ3) is 1.32. The molecule has 0 aliphatic heterocycles. The Hall–Kier alpha value is -2.04. The zero-order valence-corrected chi connectivity index (χ0v) is 8.82. The van der Waals surface area contributed by atoms with Crippen molar-refractivity contribution in [1.29, 1.82) is 0 Å². The van der Waals surface area contributed by atoms with E-state index in [9.17, 15) is 9.18 Å². The highest BCUT2D eigenvalue weighted by Gasteiger charge is 2.16. The molecule has 0 bridgehead atoms. The lowest BCUT2D eigenvalue weighted by Gasteiger charge is -2.03. The molecule has 0 saturated carbocycles. The number of ether oxygens (including phenoxy) is 1. The van der Waals surface area contributed by atoms with Crippen LogP contribution in [-0.4, -0.2) is 22.8 Å². The van der Waals surface area contributed by atoms with Crippen molar-refractivity contribution in [3.8, 4) is 5.75 Å². The minimum Gasteiger partial charge on any atom is -0.493 e. The number of hydrogen-bond donors (Lipinski definition) is 1. The quantitative estimate of drug-likeness (QED) is 0.847. The number of fused-ring (bicyclic) bond motifs is 1. The lowest BCUT2D eigenvalue weighted by molar-refractivity contribution is 0.0687. The molecule has 0 aliphatic rings. The fourth-order valence-corrected chi connectivity index (χ4v) is 1.77. The summed E-state index contributed by atoms with van der Waals surface area (Å²) in [5, 5.41) is 9.40. The van der Waals surface area contributed by atoms with E-state index in [1.807, 2.05) is 0 Å². The number of methoxy groups -OCH3 is 1. The van der Waals surface area contributed by atoms with Crippen LogP contribution in [0.3, 0.4) is 0 Å². The average Bonchev–Trinajstić information content (AvgIpc) is 2.56. The molecule has 1 aromatic heterocycles. The molecule has 4 nitrogen and oxygen atoms in total. The Morgan fingerprint density at radius 2 is 2.19 bits per heavy atom. The van der Waals surface area contributed by atoms with E-state index in [2.05, 4.69) is 0 Å². The molecule has 0 radical (unpaired) electrons. The van der Waals surface area contributed by atoms with Gasteiger partial charge in [0.25, 0.3) is 0 Å². The van der Waals surface area contributed by atoms with Crippen molar-refractivity contribution in [2.24, 2.45) is 7.05 Å². The molecule has 1 heterocycles. The van der Waals surface area contributed by atoms with Gasteiger partial charge in [-0.25, -0.2) is 9.18 Å². The molecule has 0 spiro atoms. The normalized spacial score (nSPS) is 10.7. The van der Waals surface area contributed by atoms with Gasteiger partial charge in [-0.05, 0) is 18.2 Å². The van der Waals surface area contributed by atoms with Crippen LogP contribution in [-0.2, 0) is 7.05 Å². The van der Waals surface area contributed by atoms with Gasteiger partial charge in [-0.1, -0.05) is 0 Å². The van der Waals surface area contributed by atoms with Crippen LogP contribution >= 0.6 is 0 Å². The lowest BCUT2D eigenvalue weighted by atomic mass is 10.2. The largest absolute Gasteiger partial charge is 0.493 e. The Morgan fingerprint density at radius 3 is 2.75 bits per heavy atom. The van der Waals surface area contributed by atoms with E-state index in [4.69, 9.17) is 9.84 Å². The third-order valence-corrected chi connectivity index (χ3v) is 2.55. The summed E-state index contributed by atoms with van der Waals surface area (Å²) in [6, 6.07) is 4.19. The van der Waals surface area contributed by atoms with Crippen LogP contribution in [0.1, 0.15) is 10.5 Å². The zero-order valence-electron chi connectivity index (χ0n) is 8.82. The number of halogens is 1. The second-order valence-electron chi connectivity index (χ2n) is 3.41. The Labute approximate surface area is 90.9 Å². The van der Waals surface area contributed by atoms with Crippen molar-refractivity contribution in [1.82, 2.24) is 4.57 Å². The summed E-state index contributed by atoms with van der Waals surface area (Å²) in [7, 11) is 2.97. The molecular weight excluding hydrogens is 213 g/mol. The zero-order chi connectivity index (χ0) is 11.9. The topological polar surface area (TPSA) is 51.5 Å². The van der Waals surface area contributed by atoms with Gasteiger partial charge in [0.05, 0.1) is 12.6 Å². The summed E-state index contributed by atoms with van der Waals surface area (Å²) in [6.45, 7) is 0. The number of carbonyl (C=O) groups is 1. The van der Waals surface area contributed by atoms with E-state index in [0.717, 1.165) is 0 Å². The predicted octanol–water partition coefficient (Wildman–Crippen LogP) is 2.02. The molecule has 0 unspecified atom stereocenters. The molecule has 2 rings (SSSR count). The maximum Gasteiger partial charge on any atom is 0.352 e. The Kier molecular flexibility index (Phi) is 2.30. The number of rotatable bonds is 2. The molecule has 0 saturated heterocycles. The number of nitrogens with zero attached hydrogens (tertiary/aromatic N) is 1. The molecule has 0 atom stereocenters. The predicted molar refractivity (Wildman–Crippen MR) is 56.4 cm³/mol. The van der Waals surface area contributed by atoms with Crippen LogP contribution < -0.4 is 4.74 Å². The van der Waals surface area contributed by atoms with Crippen LogP contribution in [0.15, 0.2) is 18.2 Å². The van der Waals surface area contributed by atoms with Gasteiger partial charge in [0.1, 0.15) is 5.69 Å². The number of benzene rings is 1. The monoisotopic (exact) mass is 223 g/mol. The van der Waals surface area contributed by atoms with E-state index < -0.39 is 11.8 Å². The second kappa shape index (κ2) is 3.52. The maximum absolute atomic E-state index is 13.4. The number of hydrogen-bond acceptors (Lipinski definition) is 2. The van der Waals surface area contributed by atoms with Crippen LogP contribution in [0, 0.1) is 5.82 Å². The average molecular weight is 223 g/mol. The summed E-state index contributed by atoms with van der Waals surface area (Å²) >= 11 is 0. The van der Waals surface area contributed by atoms with E-state index in [-0.39, 0.29) is 11.4 Å². The highest BCUT2D eigenvalue weighted by atomic mass is 19.1. The van der Waals surface area contributed by atoms with E-state index in [1.54, 1.807) is 7.05 Å². The highest BCUT2D eigenvalue weighted by molar-refractivity contribution is 5.97. The summed E-state index contributed by atoms with van der Waals surface area (Å²) in [5.74, 6) is -1.49. The van der Waals surface area contributed by atoms with E-state index in [1.165, 1.54) is 29.9 Å². The van der Waals surface area contributed by atoms with Crippen molar-refractivity contribution in [3.05, 3.63) is 29.7 Å². The molecule has 0 aliphatic carbocycles. The van der Waals surface area contributed by atoms with Gasteiger partial charge >= 0.3 is 5.97 Å². The molecule has 5 heteroatoms. The number of carboxylic acid groups (broad SMARTS) is 1. The highest BCUT2D eigenvalue weighted by Crippen LogP contribution is 2.30. The lowest BCUT2D eigenvalue weighted by Crippen LogP contribution is -2.03. The van der Waals surface area contributed by atoms with Crippen LogP contribution in [0.25, 0.3) is 10.9 Å². The molecule has 2 aromatic rings. The number of carboxylic acids is 1. The molecule has 0 fully saturated rings. The minimum atomic E-state index is -1.05. The summed E-state index contributed by atoms with van der Waals surface area (Å²) in [5.41, 5.74) is 0.717. The van der Waals surface area contributed by atoms with E-state index >= 15 is 0 Å². The molecule has 1 aromatic carbocycles. The van der Waals surface area contributed by atoms with Crippen molar-refractivity contribution < 1.29 is 19.0 Å². The summed E-state index contributed by atoms with van der Waals surface area (Å²) in [6.07, 6.45) is 0. The van der Waals surface area contributed by atoms with E-state index in [0.29, 0.717) is 10.9 Å². The Balaban J connectivity index is 2.85. The fraction of sp³-hybridized carbons (Fsp3) is 0.182. The Bertz CT molecular complexity index is 574. The summed E-state index contributed by atoms with van der Waals surface area (Å²) in [4.78, 5) is 10.9. The van der Waals surface area contributed by atoms with Crippen LogP contribution in [0.5, 0.6) is 5.75 Å². The van der Waals surface area contributed by atoms with Crippen molar-refractivity contribution in [2.45, 2.75) is 0 Å². The van der Waals surface area contributed by atoms with Gasteiger partial charge in [0.15, 0.2) is 11.6 Å². The first-order valence-corrected chi connectivity index (χ1v) is 4.61. The van der Waals surface area contributed by atoms with Gasteiger partial charge in [-0.15, -0.1) is 0 Å². The Morgan fingerprint density at radius 1 is 1.50 bits per heavy atom. The van der Waals surface area contributed by atoms with Gasteiger partial charge in [-0.3, -0.25) is 0 Å². The summed E-state index contributed by atoms with van der Waals surface area (Å²) < 4.78 is 19.8. The smallest absolute Gasteiger partial charge is 0.352 e. The van der Waals surface area contributed by atoms with Crippen LogP contribution in [0.4, 0.5) is 4.39 Å². The fourth-order valence-electron chi connectivity index (χ4n) is 1.77. The molecule has 1 N–H and O–H groups in total. The second-order valence-corrected chi connectivity index (χ2v) is 3.41. The maximum atomic E-state index is 13.4. The molecule has 16 heavy (non-hydrogen) atoms. The standard InChI is InChI=1S/C11H10FNO3/c1-13-8-4-3-7(12)10(16-2)6(8)5-9(13)11(14)15/h3-5H,1-2H3,(H,14,15). The number of aromatic carboxylic acids is 1. The number of aromatic nitrogens is 1. The number of aryl methyl sites for hydroxylation is 1. The first-order valence-electron chi connectivity index (χ1n) is 4.61.